The molecular weight excluding hydrogens is 212 g/mol. The molecule has 0 unspecified atom stereocenters. The van der Waals surface area contributed by atoms with Crippen LogP contribution >= 0.6 is 0 Å². The molecular formula is C15H20O2. The van der Waals surface area contributed by atoms with E-state index in [1.807, 2.05) is 6.07 Å². The van der Waals surface area contributed by atoms with E-state index in [1.165, 1.54) is 11.1 Å². The average molecular weight is 232 g/mol. The maximum Gasteiger partial charge on any atom is 0.168 e. The Morgan fingerprint density at radius 3 is 2.47 bits per heavy atom. The van der Waals surface area contributed by atoms with Crippen molar-refractivity contribution in [1.29, 1.82) is 0 Å². The molecule has 1 aromatic carbocycles. The Hall–Kier alpha value is -1.15. The van der Waals surface area contributed by atoms with Gasteiger partial charge in [0.05, 0.1) is 0 Å². The highest BCUT2D eigenvalue weighted by Gasteiger charge is 2.43. The SMILES string of the molecule is COC1(C(=O)Cc2ccc(C)c(C)c2)CCC1. The van der Waals surface area contributed by atoms with Crippen molar-refractivity contribution in [1.82, 2.24) is 0 Å². The molecule has 2 heteroatoms. The van der Waals surface area contributed by atoms with Gasteiger partial charge in [-0.15, -0.1) is 0 Å². The van der Waals surface area contributed by atoms with E-state index in [1.54, 1.807) is 7.11 Å². The second-order valence-electron chi connectivity index (χ2n) is 5.07. The molecule has 1 aliphatic rings. The highest BCUT2D eigenvalue weighted by atomic mass is 16.5. The van der Waals surface area contributed by atoms with Crippen LogP contribution in [0.15, 0.2) is 18.2 Å². The molecule has 0 atom stereocenters. The van der Waals surface area contributed by atoms with Crippen LogP contribution < -0.4 is 0 Å². The van der Waals surface area contributed by atoms with Crippen molar-refractivity contribution in [3.8, 4) is 0 Å². The molecule has 2 rings (SSSR count). The third kappa shape index (κ3) is 2.27. The fourth-order valence-electron chi connectivity index (χ4n) is 2.35. The largest absolute Gasteiger partial charge is 0.370 e. The lowest BCUT2D eigenvalue weighted by Gasteiger charge is -2.38. The lowest BCUT2D eigenvalue weighted by molar-refractivity contribution is -0.151. The minimum absolute atomic E-state index is 0.231. The molecule has 0 aliphatic heterocycles. The first-order valence-corrected chi connectivity index (χ1v) is 6.22. The molecule has 0 amide bonds. The van der Waals surface area contributed by atoms with Gasteiger partial charge in [-0.3, -0.25) is 4.79 Å². The Balaban J connectivity index is 2.10. The third-order valence-electron chi connectivity index (χ3n) is 4.00. The fraction of sp³-hybridized carbons (Fsp3) is 0.533. The monoisotopic (exact) mass is 232 g/mol. The Labute approximate surface area is 103 Å². The van der Waals surface area contributed by atoms with E-state index < -0.39 is 5.60 Å². The van der Waals surface area contributed by atoms with Crippen molar-refractivity contribution in [3.05, 3.63) is 34.9 Å². The molecule has 1 fully saturated rings. The van der Waals surface area contributed by atoms with E-state index in [9.17, 15) is 4.79 Å². The predicted molar refractivity (Wildman–Crippen MR) is 68.2 cm³/mol. The molecule has 1 saturated carbocycles. The highest BCUT2D eigenvalue weighted by Crippen LogP contribution is 2.36. The zero-order valence-electron chi connectivity index (χ0n) is 10.9. The number of benzene rings is 1. The molecule has 1 aromatic rings. The van der Waals surface area contributed by atoms with Crippen LogP contribution in [0.2, 0.25) is 0 Å². The maximum absolute atomic E-state index is 12.2. The zero-order valence-corrected chi connectivity index (χ0v) is 10.9. The summed E-state index contributed by atoms with van der Waals surface area (Å²) in [4.78, 5) is 12.2. The van der Waals surface area contributed by atoms with Crippen molar-refractivity contribution in [2.75, 3.05) is 7.11 Å². The Bertz CT molecular complexity index is 425. The molecule has 92 valence electrons. The van der Waals surface area contributed by atoms with Crippen molar-refractivity contribution in [2.45, 2.75) is 45.1 Å². The summed E-state index contributed by atoms with van der Waals surface area (Å²) in [5.74, 6) is 0.231. The minimum Gasteiger partial charge on any atom is -0.370 e. The first kappa shape index (κ1) is 12.3. The summed E-state index contributed by atoms with van der Waals surface area (Å²) in [6.07, 6.45) is 3.36. The maximum atomic E-state index is 12.2. The van der Waals surface area contributed by atoms with Crippen LogP contribution in [0, 0.1) is 13.8 Å². The topological polar surface area (TPSA) is 26.3 Å². The first-order valence-electron chi connectivity index (χ1n) is 6.22. The Kier molecular flexibility index (Phi) is 3.34. The van der Waals surface area contributed by atoms with E-state index >= 15 is 0 Å². The second kappa shape index (κ2) is 4.61. The van der Waals surface area contributed by atoms with Gasteiger partial charge in [0, 0.05) is 13.5 Å². The van der Waals surface area contributed by atoms with E-state index in [0.717, 1.165) is 24.8 Å². The number of carbonyl (C=O) groups excluding carboxylic acids is 1. The van der Waals surface area contributed by atoms with Gasteiger partial charge in [0.15, 0.2) is 5.78 Å². The van der Waals surface area contributed by atoms with Crippen LogP contribution in [-0.4, -0.2) is 18.5 Å². The molecule has 0 heterocycles. The van der Waals surface area contributed by atoms with Gasteiger partial charge in [0.25, 0.3) is 0 Å². The molecule has 2 nitrogen and oxygen atoms in total. The predicted octanol–water partition coefficient (Wildman–Crippen LogP) is 2.98. The van der Waals surface area contributed by atoms with Gasteiger partial charge in [-0.05, 0) is 49.8 Å². The minimum atomic E-state index is -0.473. The normalized spacial score (nSPS) is 17.6. The second-order valence-corrected chi connectivity index (χ2v) is 5.07. The molecule has 0 N–H and O–H groups in total. The standard InChI is InChI=1S/C15H20O2/c1-11-5-6-13(9-12(11)2)10-14(16)15(17-3)7-4-8-15/h5-6,9H,4,7-8,10H2,1-3H3. The lowest BCUT2D eigenvalue weighted by atomic mass is 9.75. The van der Waals surface area contributed by atoms with E-state index in [4.69, 9.17) is 4.74 Å². The van der Waals surface area contributed by atoms with Crippen LogP contribution in [0.5, 0.6) is 0 Å². The number of methoxy groups -OCH3 is 1. The summed E-state index contributed by atoms with van der Waals surface area (Å²) < 4.78 is 5.41. The Morgan fingerprint density at radius 1 is 1.29 bits per heavy atom. The summed E-state index contributed by atoms with van der Waals surface area (Å²) in [5.41, 5.74) is 3.14. The van der Waals surface area contributed by atoms with Gasteiger partial charge >= 0.3 is 0 Å². The van der Waals surface area contributed by atoms with Crippen LogP contribution in [0.3, 0.4) is 0 Å². The van der Waals surface area contributed by atoms with Crippen LogP contribution in [-0.2, 0) is 16.0 Å². The number of Topliss-reactive ketones (excluding diaryl/α,β-unsaturated/α-hetero) is 1. The summed E-state index contributed by atoms with van der Waals surface area (Å²) in [6.45, 7) is 4.17. The fourth-order valence-corrected chi connectivity index (χ4v) is 2.35. The number of aryl methyl sites for hydroxylation is 2. The van der Waals surface area contributed by atoms with Gasteiger partial charge in [0.1, 0.15) is 5.60 Å². The molecule has 0 spiro atoms. The molecule has 0 aromatic heterocycles. The quantitative estimate of drug-likeness (QED) is 0.797. The van der Waals surface area contributed by atoms with Gasteiger partial charge in [-0.25, -0.2) is 0 Å². The third-order valence-corrected chi connectivity index (χ3v) is 4.00. The lowest BCUT2D eigenvalue weighted by Crippen LogP contribution is -2.47. The van der Waals surface area contributed by atoms with Gasteiger partial charge in [0.2, 0.25) is 0 Å². The van der Waals surface area contributed by atoms with Crippen molar-refractivity contribution in [2.24, 2.45) is 0 Å². The van der Waals surface area contributed by atoms with Gasteiger partial charge in [-0.1, -0.05) is 18.2 Å². The summed E-state index contributed by atoms with van der Waals surface area (Å²) in [5, 5.41) is 0. The summed E-state index contributed by atoms with van der Waals surface area (Å²) >= 11 is 0. The van der Waals surface area contributed by atoms with Gasteiger partial charge < -0.3 is 4.74 Å². The number of hydrogen-bond acceptors (Lipinski definition) is 2. The van der Waals surface area contributed by atoms with Gasteiger partial charge in [-0.2, -0.15) is 0 Å². The van der Waals surface area contributed by atoms with Crippen molar-refractivity contribution < 1.29 is 9.53 Å². The molecule has 1 aliphatic carbocycles. The van der Waals surface area contributed by atoms with E-state index in [0.29, 0.717) is 6.42 Å². The van der Waals surface area contributed by atoms with Crippen LogP contribution in [0.25, 0.3) is 0 Å². The number of rotatable bonds is 4. The zero-order chi connectivity index (χ0) is 12.5. The number of ether oxygens (including phenoxy) is 1. The van der Waals surface area contributed by atoms with Crippen LogP contribution in [0.1, 0.15) is 36.0 Å². The summed E-state index contributed by atoms with van der Waals surface area (Å²) in [6, 6.07) is 6.23. The summed E-state index contributed by atoms with van der Waals surface area (Å²) in [7, 11) is 1.65. The van der Waals surface area contributed by atoms with Crippen molar-refractivity contribution >= 4 is 5.78 Å². The van der Waals surface area contributed by atoms with E-state index in [2.05, 4.69) is 26.0 Å². The average Bonchev–Trinajstić information content (AvgIpc) is 2.23. The number of hydrogen-bond donors (Lipinski definition) is 0. The highest BCUT2D eigenvalue weighted by molar-refractivity contribution is 5.90. The molecule has 17 heavy (non-hydrogen) atoms. The smallest absolute Gasteiger partial charge is 0.168 e. The first-order chi connectivity index (χ1) is 8.07. The number of ketones is 1. The molecule has 0 saturated heterocycles. The Morgan fingerprint density at radius 2 is 2.00 bits per heavy atom. The molecule has 0 radical (unpaired) electrons. The van der Waals surface area contributed by atoms with Crippen molar-refractivity contribution in [3.63, 3.8) is 0 Å². The molecule has 0 bridgehead atoms. The van der Waals surface area contributed by atoms with E-state index in [-0.39, 0.29) is 5.78 Å². The number of carbonyl (C=O) groups is 1. The van der Waals surface area contributed by atoms with Crippen LogP contribution in [0.4, 0.5) is 0 Å².